The first-order chi connectivity index (χ1) is 7.31. The summed E-state index contributed by atoms with van der Waals surface area (Å²) >= 11 is 3.51. The van der Waals surface area contributed by atoms with Crippen molar-refractivity contribution in [3.05, 3.63) is 0 Å². The van der Waals surface area contributed by atoms with Crippen LogP contribution in [-0.2, 0) is 0 Å². The van der Waals surface area contributed by atoms with Gasteiger partial charge in [0.2, 0.25) is 0 Å². The number of rotatable bonds is 11. The van der Waals surface area contributed by atoms with Crippen LogP contribution in [0.2, 0.25) is 0 Å². The normalized spacial score (nSPS) is 13.0. The van der Waals surface area contributed by atoms with E-state index >= 15 is 0 Å². The summed E-state index contributed by atoms with van der Waals surface area (Å²) in [5, 5.41) is 1.17. The van der Waals surface area contributed by atoms with Crippen LogP contribution in [-0.4, -0.2) is 5.33 Å². The van der Waals surface area contributed by atoms with Crippen molar-refractivity contribution in [1.82, 2.24) is 0 Å². The molecule has 15 heavy (non-hydrogen) atoms. The predicted octanol–water partition coefficient (Wildman–Crippen LogP) is 5.94. The molecule has 0 bridgehead atoms. The Hall–Kier alpha value is 0.480. The molecule has 0 heterocycles. The van der Waals surface area contributed by atoms with Crippen molar-refractivity contribution in [3.63, 3.8) is 0 Å². The first kappa shape index (κ1) is 15.5. The lowest BCUT2D eigenvalue weighted by Gasteiger charge is -2.08. The first-order valence-corrected chi connectivity index (χ1v) is 7.99. The maximum atomic E-state index is 3.51. The van der Waals surface area contributed by atoms with E-state index in [0.29, 0.717) is 0 Å². The number of hydrogen-bond acceptors (Lipinski definition) is 0. The molecule has 92 valence electrons. The van der Waals surface area contributed by atoms with E-state index in [-0.39, 0.29) is 0 Å². The van der Waals surface area contributed by atoms with Gasteiger partial charge in [-0.2, -0.15) is 0 Å². The monoisotopic (exact) mass is 276 g/mol. The summed E-state index contributed by atoms with van der Waals surface area (Å²) in [5.74, 6) is 0.921. The van der Waals surface area contributed by atoms with Crippen molar-refractivity contribution in [2.45, 2.75) is 78.1 Å². The Bertz CT molecular complexity index is 112. The molecule has 1 atom stereocenters. The zero-order chi connectivity index (χ0) is 11.4. The van der Waals surface area contributed by atoms with E-state index in [1.807, 2.05) is 0 Å². The minimum absolute atomic E-state index is 0.921. The summed E-state index contributed by atoms with van der Waals surface area (Å²) in [5.41, 5.74) is 0. The van der Waals surface area contributed by atoms with Gasteiger partial charge in [0, 0.05) is 5.33 Å². The number of unbranched alkanes of at least 4 members (excludes halogenated alkanes) is 7. The molecule has 0 aromatic rings. The Morgan fingerprint density at radius 2 is 1.33 bits per heavy atom. The highest BCUT2D eigenvalue weighted by molar-refractivity contribution is 9.09. The third-order valence-electron chi connectivity index (χ3n) is 3.15. The fraction of sp³-hybridized carbons (Fsp3) is 1.00. The van der Waals surface area contributed by atoms with Crippen molar-refractivity contribution >= 4 is 15.9 Å². The Labute approximate surface area is 105 Å². The summed E-state index contributed by atoms with van der Waals surface area (Å²) in [6, 6.07) is 0. The molecule has 0 saturated carbocycles. The Kier molecular flexibility index (Phi) is 13.0. The second kappa shape index (κ2) is 12.5. The van der Waals surface area contributed by atoms with Crippen LogP contribution in [0.3, 0.4) is 0 Å². The highest BCUT2D eigenvalue weighted by atomic mass is 79.9. The SMILES string of the molecule is CCCCCCCCCC[C@H](C)CCBr. The van der Waals surface area contributed by atoms with Gasteiger partial charge in [0.15, 0.2) is 0 Å². The second-order valence-corrected chi connectivity index (χ2v) is 5.64. The fourth-order valence-corrected chi connectivity index (χ4v) is 2.74. The molecule has 0 rings (SSSR count). The van der Waals surface area contributed by atoms with Crippen molar-refractivity contribution in [2.75, 3.05) is 5.33 Å². The quantitative estimate of drug-likeness (QED) is 0.324. The third-order valence-corrected chi connectivity index (χ3v) is 3.61. The average molecular weight is 277 g/mol. The van der Waals surface area contributed by atoms with E-state index in [0.717, 1.165) is 5.92 Å². The van der Waals surface area contributed by atoms with Crippen molar-refractivity contribution in [2.24, 2.45) is 5.92 Å². The van der Waals surface area contributed by atoms with Crippen LogP contribution in [0.25, 0.3) is 0 Å². The van der Waals surface area contributed by atoms with Gasteiger partial charge >= 0.3 is 0 Å². The van der Waals surface area contributed by atoms with Gasteiger partial charge in [-0.3, -0.25) is 0 Å². The summed E-state index contributed by atoms with van der Waals surface area (Å²) in [6.07, 6.45) is 14.3. The lowest BCUT2D eigenvalue weighted by atomic mass is 10.00. The van der Waals surface area contributed by atoms with Crippen molar-refractivity contribution in [3.8, 4) is 0 Å². The number of alkyl halides is 1. The molecule has 1 heteroatoms. The summed E-state index contributed by atoms with van der Waals surface area (Å²) in [7, 11) is 0. The van der Waals surface area contributed by atoms with E-state index in [1.165, 1.54) is 69.5 Å². The van der Waals surface area contributed by atoms with Gasteiger partial charge in [-0.25, -0.2) is 0 Å². The van der Waals surface area contributed by atoms with Gasteiger partial charge < -0.3 is 0 Å². The van der Waals surface area contributed by atoms with Gasteiger partial charge in [-0.05, 0) is 12.3 Å². The molecule has 0 nitrogen and oxygen atoms in total. The average Bonchev–Trinajstić information content (AvgIpc) is 2.22. The van der Waals surface area contributed by atoms with Gasteiger partial charge in [-0.15, -0.1) is 0 Å². The summed E-state index contributed by atoms with van der Waals surface area (Å²) in [4.78, 5) is 0. The molecule has 0 unspecified atom stereocenters. The maximum Gasteiger partial charge on any atom is 0.00338 e. The molecule has 0 radical (unpaired) electrons. The van der Waals surface area contributed by atoms with Gasteiger partial charge in [0.25, 0.3) is 0 Å². The molecule has 0 spiro atoms. The summed E-state index contributed by atoms with van der Waals surface area (Å²) in [6.45, 7) is 4.66. The standard InChI is InChI=1S/C14H29Br/c1-3-4-5-6-7-8-9-10-11-14(2)12-13-15/h14H,3-13H2,1-2H3/t14-/m0/s1. The molecular formula is C14H29Br. The van der Waals surface area contributed by atoms with Crippen LogP contribution >= 0.6 is 15.9 Å². The smallest absolute Gasteiger partial charge is 0.00338 e. The Balaban J connectivity index is 2.98. The minimum Gasteiger partial charge on any atom is -0.0928 e. The summed E-state index contributed by atoms with van der Waals surface area (Å²) < 4.78 is 0. The molecule has 0 aliphatic rings. The molecule has 0 amide bonds. The van der Waals surface area contributed by atoms with Gasteiger partial charge in [0.1, 0.15) is 0 Å². The third kappa shape index (κ3) is 12.4. The Morgan fingerprint density at radius 1 is 0.800 bits per heavy atom. The number of halogens is 1. The second-order valence-electron chi connectivity index (χ2n) is 4.85. The Morgan fingerprint density at radius 3 is 1.87 bits per heavy atom. The van der Waals surface area contributed by atoms with Gasteiger partial charge in [0.05, 0.1) is 0 Å². The van der Waals surface area contributed by atoms with Crippen LogP contribution in [0.1, 0.15) is 78.1 Å². The van der Waals surface area contributed by atoms with Crippen LogP contribution in [0.5, 0.6) is 0 Å². The van der Waals surface area contributed by atoms with E-state index in [2.05, 4.69) is 29.8 Å². The first-order valence-electron chi connectivity index (χ1n) is 6.87. The van der Waals surface area contributed by atoms with Crippen LogP contribution in [0, 0.1) is 5.92 Å². The fourth-order valence-electron chi connectivity index (χ4n) is 1.96. The van der Waals surface area contributed by atoms with Crippen molar-refractivity contribution < 1.29 is 0 Å². The topological polar surface area (TPSA) is 0 Å². The molecule has 0 N–H and O–H groups in total. The highest BCUT2D eigenvalue weighted by Crippen LogP contribution is 2.15. The number of hydrogen-bond donors (Lipinski definition) is 0. The molecule has 0 fully saturated rings. The molecule has 0 aliphatic carbocycles. The van der Waals surface area contributed by atoms with Crippen LogP contribution < -0.4 is 0 Å². The van der Waals surface area contributed by atoms with E-state index in [4.69, 9.17) is 0 Å². The highest BCUT2D eigenvalue weighted by Gasteiger charge is 2.00. The van der Waals surface area contributed by atoms with Gasteiger partial charge in [-0.1, -0.05) is 87.6 Å². The van der Waals surface area contributed by atoms with Crippen LogP contribution in [0.15, 0.2) is 0 Å². The minimum atomic E-state index is 0.921. The lowest BCUT2D eigenvalue weighted by molar-refractivity contribution is 0.473. The molecular weight excluding hydrogens is 248 g/mol. The zero-order valence-corrected chi connectivity index (χ0v) is 12.3. The van der Waals surface area contributed by atoms with Crippen LogP contribution in [0.4, 0.5) is 0 Å². The zero-order valence-electron chi connectivity index (χ0n) is 10.7. The predicted molar refractivity (Wildman–Crippen MR) is 74.8 cm³/mol. The lowest BCUT2D eigenvalue weighted by Crippen LogP contribution is -1.95. The molecule has 0 aliphatic heterocycles. The van der Waals surface area contributed by atoms with E-state index in [9.17, 15) is 0 Å². The molecule has 0 aromatic carbocycles. The maximum absolute atomic E-state index is 3.51. The molecule has 0 aromatic heterocycles. The molecule has 0 saturated heterocycles. The van der Waals surface area contributed by atoms with E-state index in [1.54, 1.807) is 0 Å². The largest absolute Gasteiger partial charge is 0.0928 e. The van der Waals surface area contributed by atoms with Crippen molar-refractivity contribution in [1.29, 1.82) is 0 Å². The van der Waals surface area contributed by atoms with E-state index < -0.39 is 0 Å².